The molecule has 0 fully saturated rings. The van der Waals surface area contributed by atoms with E-state index >= 15 is 0 Å². The maximum absolute atomic E-state index is 12.9. The molecule has 0 aliphatic carbocycles. The number of carbonyl (C=O) groups excluding carboxylic acids is 3. The Balaban J connectivity index is 4.56. The summed E-state index contributed by atoms with van der Waals surface area (Å²) < 4.78 is 16.8. The number of esters is 3. The lowest BCUT2D eigenvalue weighted by atomic mass is 10.1. The Labute approximate surface area is 437 Å². The fourth-order valence-corrected chi connectivity index (χ4v) is 7.51. The van der Waals surface area contributed by atoms with Crippen LogP contribution in [-0.4, -0.2) is 37.2 Å². The van der Waals surface area contributed by atoms with Gasteiger partial charge in [-0.15, -0.1) is 0 Å². The van der Waals surface area contributed by atoms with E-state index in [0.717, 1.165) is 103 Å². The first-order chi connectivity index (χ1) is 35.0. The topological polar surface area (TPSA) is 78.9 Å². The fraction of sp³-hybridized carbons (Fsp3) is 0.646. The molecule has 0 spiro atoms. The second-order valence-electron chi connectivity index (χ2n) is 18.8. The molecule has 0 saturated carbocycles. The van der Waals surface area contributed by atoms with Crippen LogP contribution < -0.4 is 0 Å². The van der Waals surface area contributed by atoms with Gasteiger partial charge in [-0.2, -0.15) is 0 Å². The highest BCUT2D eigenvalue weighted by Gasteiger charge is 2.19. The maximum atomic E-state index is 12.9. The average Bonchev–Trinajstić information content (AvgIpc) is 3.37. The van der Waals surface area contributed by atoms with Crippen LogP contribution in [0.2, 0.25) is 0 Å². The molecule has 6 heteroatoms. The van der Waals surface area contributed by atoms with Crippen LogP contribution in [0.5, 0.6) is 0 Å². The van der Waals surface area contributed by atoms with Crippen molar-refractivity contribution in [1.29, 1.82) is 0 Å². The fourth-order valence-electron chi connectivity index (χ4n) is 7.51. The van der Waals surface area contributed by atoms with Crippen LogP contribution in [0.3, 0.4) is 0 Å². The monoisotopic (exact) mass is 983 g/mol. The van der Waals surface area contributed by atoms with Crippen molar-refractivity contribution in [3.63, 3.8) is 0 Å². The van der Waals surface area contributed by atoms with Crippen molar-refractivity contribution in [3.8, 4) is 0 Å². The van der Waals surface area contributed by atoms with Crippen LogP contribution >= 0.6 is 0 Å². The van der Waals surface area contributed by atoms with Gasteiger partial charge in [-0.05, 0) is 135 Å². The number of unbranched alkanes of at least 4 members (excludes halogenated alkanes) is 20. The Morgan fingerprint density at radius 3 is 0.859 bits per heavy atom. The largest absolute Gasteiger partial charge is 0.462 e. The number of carbonyl (C=O) groups is 3. The standard InChI is InChI=1S/C65H106O6/c1-4-7-10-13-16-19-22-25-28-31-32-35-37-40-43-46-49-52-55-58-64(67)70-61-62(71-65(68)59-56-53-50-47-44-41-38-34-30-27-24-21-18-15-12-9-6-3)60-69-63(66)57-54-51-48-45-42-39-36-33-29-26-23-20-17-14-11-8-5-2/h16-21,25-30,32,35-36,39-40,43,45,48,62H,4-15,22-24,31,33-34,37-38,41-42,44,46-47,49-61H2,1-3H3/b19-16-,20-17-,21-18-,28-25-,29-26-,30-27-,35-32-,39-36-,43-40-,48-45-/t62-/m0/s1. The highest BCUT2D eigenvalue weighted by molar-refractivity contribution is 5.71. The summed E-state index contributed by atoms with van der Waals surface area (Å²) in [6.45, 7) is 6.47. The SMILES string of the molecule is CCCCC/C=C\C/C=C\C/C=C\C/C=C\CCCCCC(=O)OC[C@H](COC(=O)CCC/C=C\C/C=C\C/C=C\C/C=C\CCCCC)OC(=O)CCCCCCCCC/C=C\C/C=C\CCCCC. The molecule has 0 aromatic rings. The molecular weight excluding hydrogens is 877 g/mol. The van der Waals surface area contributed by atoms with Crippen LogP contribution in [-0.2, 0) is 28.6 Å². The van der Waals surface area contributed by atoms with Crippen molar-refractivity contribution in [2.75, 3.05) is 13.2 Å². The quantitative estimate of drug-likeness (QED) is 0.0261. The van der Waals surface area contributed by atoms with E-state index in [0.29, 0.717) is 19.3 Å². The van der Waals surface area contributed by atoms with Gasteiger partial charge in [0.1, 0.15) is 13.2 Å². The van der Waals surface area contributed by atoms with E-state index in [1.54, 1.807) is 0 Å². The number of rotatable bonds is 51. The third kappa shape index (κ3) is 56.6. The van der Waals surface area contributed by atoms with Gasteiger partial charge >= 0.3 is 17.9 Å². The summed E-state index contributed by atoms with van der Waals surface area (Å²) in [7, 11) is 0. The van der Waals surface area contributed by atoms with Gasteiger partial charge in [0.05, 0.1) is 0 Å². The van der Waals surface area contributed by atoms with Gasteiger partial charge in [0, 0.05) is 19.3 Å². The van der Waals surface area contributed by atoms with Gasteiger partial charge in [0.25, 0.3) is 0 Å². The minimum Gasteiger partial charge on any atom is -0.462 e. The molecule has 0 bridgehead atoms. The molecule has 1 atom stereocenters. The highest BCUT2D eigenvalue weighted by Crippen LogP contribution is 2.13. The normalized spacial score (nSPS) is 13.0. The summed E-state index contributed by atoms with van der Waals surface area (Å²) in [4.78, 5) is 38.2. The predicted molar refractivity (Wildman–Crippen MR) is 306 cm³/mol. The van der Waals surface area contributed by atoms with Crippen molar-refractivity contribution in [3.05, 3.63) is 122 Å². The van der Waals surface area contributed by atoms with Gasteiger partial charge < -0.3 is 14.2 Å². The molecule has 0 amide bonds. The molecule has 0 heterocycles. The van der Waals surface area contributed by atoms with Crippen LogP contribution in [0.4, 0.5) is 0 Å². The summed E-state index contributed by atoms with van der Waals surface area (Å²) in [5, 5.41) is 0. The van der Waals surface area contributed by atoms with E-state index in [-0.39, 0.29) is 37.5 Å². The van der Waals surface area contributed by atoms with E-state index < -0.39 is 6.10 Å². The van der Waals surface area contributed by atoms with Gasteiger partial charge in [0.2, 0.25) is 0 Å². The first kappa shape index (κ1) is 66.8. The lowest BCUT2D eigenvalue weighted by Gasteiger charge is -2.18. The third-order valence-corrected chi connectivity index (χ3v) is 11.9. The van der Waals surface area contributed by atoms with Crippen molar-refractivity contribution in [1.82, 2.24) is 0 Å². The highest BCUT2D eigenvalue weighted by atomic mass is 16.6. The first-order valence-electron chi connectivity index (χ1n) is 29.0. The molecule has 0 rings (SSSR count). The zero-order chi connectivity index (χ0) is 51.4. The number of hydrogen-bond donors (Lipinski definition) is 0. The Morgan fingerprint density at radius 2 is 0.521 bits per heavy atom. The van der Waals surface area contributed by atoms with Crippen molar-refractivity contribution >= 4 is 17.9 Å². The number of allylic oxidation sites excluding steroid dienone is 20. The molecule has 6 nitrogen and oxygen atoms in total. The molecule has 0 saturated heterocycles. The summed E-state index contributed by atoms with van der Waals surface area (Å²) in [6, 6.07) is 0. The van der Waals surface area contributed by atoms with Crippen molar-refractivity contribution in [2.24, 2.45) is 0 Å². The second kappa shape index (κ2) is 58.4. The van der Waals surface area contributed by atoms with Crippen LogP contribution in [0.15, 0.2) is 122 Å². The maximum Gasteiger partial charge on any atom is 0.306 e. The molecule has 71 heavy (non-hydrogen) atoms. The molecule has 402 valence electrons. The Bertz CT molecular complexity index is 1500. The second-order valence-corrected chi connectivity index (χ2v) is 18.8. The lowest BCUT2D eigenvalue weighted by Crippen LogP contribution is -2.30. The van der Waals surface area contributed by atoms with Gasteiger partial charge in [-0.25, -0.2) is 0 Å². The smallest absolute Gasteiger partial charge is 0.306 e. The molecule has 0 aliphatic heterocycles. The number of hydrogen-bond acceptors (Lipinski definition) is 6. The molecule has 0 aromatic carbocycles. The van der Waals surface area contributed by atoms with E-state index in [1.807, 2.05) is 0 Å². The summed E-state index contributed by atoms with van der Waals surface area (Å²) in [5.74, 6) is -1.01. The van der Waals surface area contributed by atoms with Crippen LogP contribution in [0.1, 0.15) is 252 Å². The Kier molecular flexibility index (Phi) is 54.9. The van der Waals surface area contributed by atoms with Crippen molar-refractivity contribution in [2.45, 2.75) is 258 Å². The minimum absolute atomic E-state index is 0.118. The zero-order valence-corrected chi connectivity index (χ0v) is 45.9. The van der Waals surface area contributed by atoms with E-state index in [9.17, 15) is 14.4 Å². The van der Waals surface area contributed by atoms with Crippen molar-refractivity contribution < 1.29 is 28.6 Å². The average molecular weight is 984 g/mol. The first-order valence-corrected chi connectivity index (χ1v) is 29.0. The summed E-state index contributed by atoms with van der Waals surface area (Å²) in [6.07, 6.45) is 80.4. The van der Waals surface area contributed by atoms with Gasteiger partial charge in [-0.3, -0.25) is 14.4 Å². The van der Waals surface area contributed by atoms with E-state index in [1.165, 1.54) is 103 Å². The zero-order valence-electron chi connectivity index (χ0n) is 45.9. The molecule has 0 aliphatic rings. The Hall–Kier alpha value is -4.19. The molecule has 0 aromatic heterocycles. The lowest BCUT2D eigenvalue weighted by molar-refractivity contribution is -0.167. The molecular formula is C65H106O6. The van der Waals surface area contributed by atoms with Crippen LogP contribution in [0.25, 0.3) is 0 Å². The molecule has 0 N–H and O–H groups in total. The molecule has 0 unspecified atom stereocenters. The minimum atomic E-state index is -0.822. The predicted octanol–water partition coefficient (Wildman–Crippen LogP) is 19.6. The third-order valence-electron chi connectivity index (χ3n) is 11.9. The van der Waals surface area contributed by atoms with E-state index in [2.05, 4.69) is 142 Å². The van der Waals surface area contributed by atoms with Gasteiger partial charge in [-0.1, -0.05) is 219 Å². The van der Waals surface area contributed by atoms with Crippen LogP contribution in [0, 0.1) is 0 Å². The summed E-state index contributed by atoms with van der Waals surface area (Å²) in [5.41, 5.74) is 0. The van der Waals surface area contributed by atoms with Gasteiger partial charge in [0.15, 0.2) is 6.10 Å². The van der Waals surface area contributed by atoms with E-state index in [4.69, 9.17) is 14.2 Å². The Morgan fingerprint density at radius 1 is 0.282 bits per heavy atom. The summed E-state index contributed by atoms with van der Waals surface area (Å²) >= 11 is 0. The molecule has 0 radical (unpaired) electrons. The number of ether oxygens (including phenoxy) is 3.